The van der Waals surface area contributed by atoms with E-state index in [0.29, 0.717) is 32.9 Å². The fourth-order valence-electron chi connectivity index (χ4n) is 4.33. The van der Waals surface area contributed by atoms with Crippen molar-refractivity contribution in [3.8, 4) is 11.3 Å². The lowest BCUT2D eigenvalue weighted by Gasteiger charge is -2.26. The second-order valence-corrected chi connectivity index (χ2v) is 9.22. The summed E-state index contributed by atoms with van der Waals surface area (Å²) in [6.45, 7) is 1.45. The van der Waals surface area contributed by atoms with Crippen LogP contribution in [0.5, 0.6) is 0 Å². The number of nitrogens with one attached hydrogen (secondary N) is 2. The van der Waals surface area contributed by atoms with Crippen LogP contribution in [-0.2, 0) is 4.79 Å². The zero-order valence-electron chi connectivity index (χ0n) is 19.5. The van der Waals surface area contributed by atoms with Crippen molar-refractivity contribution in [2.75, 3.05) is 10.2 Å². The first-order valence-electron chi connectivity index (χ1n) is 11.3. The standard InChI is InChI=1S/C27H21ClN4O4S/c1-15(33)30-17-6-8-18(9-7-17)32-25(24(31-27(32)37)21-4-2-3-13-29-21)23-12-11-22(36-23)19-14-16(26(34)35)5-10-20(19)28/h2-14,24-25H,1H3,(H,30,33)(H,31,37)(H,34,35)/t24-,25-/m0/s1. The summed E-state index contributed by atoms with van der Waals surface area (Å²) < 4.78 is 6.29. The van der Waals surface area contributed by atoms with E-state index in [1.54, 1.807) is 24.4 Å². The van der Waals surface area contributed by atoms with E-state index < -0.39 is 12.0 Å². The second-order valence-electron chi connectivity index (χ2n) is 8.43. The number of aromatic nitrogens is 1. The Morgan fingerprint density at radius 1 is 1.11 bits per heavy atom. The largest absolute Gasteiger partial charge is 0.478 e. The van der Waals surface area contributed by atoms with Crippen molar-refractivity contribution < 1.29 is 19.1 Å². The van der Waals surface area contributed by atoms with Crippen molar-refractivity contribution in [2.24, 2.45) is 0 Å². The third-order valence-electron chi connectivity index (χ3n) is 5.96. The Balaban J connectivity index is 1.57. The van der Waals surface area contributed by atoms with Gasteiger partial charge in [-0.1, -0.05) is 17.7 Å². The van der Waals surface area contributed by atoms with Crippen molar-refractivity contribution >= 4 is 52.2 Å². The molecule has 1 amide bonds. The molecule has 3 heterocycles. The van der Waals surface area contributed by atoms with E-state index in [4.69, 9.17) is 28.2 Å². The molecule has 186 valence electrons. The molecule has 0 bridgehead atoms. The maximum Gasteiger partial charge on any atom is 0.335 e. The smallest absolute Gasteiger partial charge is 0.335 e. The lowest BCUT2D eigenvalue weighted by Crippen LogP contribution is -2.29. The number of carboxylic acid groups (broad SMARTS) is 1. The SMILES string of the molecule is CC(=O)Nc1ccc(N2C(=S)N[C@@H](c3ccccn3)[C@@H]2c2ccc(-c3cc(C(=O)O)ccc3Cl)o2)cc1. The van der Waals surface area contributed by atoms with Crippen LogP contribution < -0.4 is 15.5 Å². The van der Waals surface area contributed by atoms with E-state index in [-0.39, 0.29) is 17.5 Å². The molecule has 0 aliphatic carbocycles. The average Bonchev–Trinajstić information content (AvgIpc) is 3.49. The first-order chi connectivity index (χ1) is 17.8. The first kappa shape index (κ1) is 24.5. The van der Waals surface area contributed by atoms with Crippen LogP contribution in [0.3, 0.4) is 0 Å². The van der Waals surface area contributed by atoms with E-state index in [1.807, 2.05) is 41.3 Å². The third-order valence-corrected chi connectivity index (χ3v) is 6.61. The van der Waals surface area contributed by atoms with Crippen molar-refractivity contribution in [1.82, 2.24) is 10.3 Å². The molecular weight excluding hydrogens is 512 g/mol. The topological polar surface area (TPSA) is 108 Å². The first-order valence-corrected chi connectivity index (χ1v) is 12.1. The Morgan fingerprint density at radius 2 is 1.89 bits per heavy atom. The number of hydrogen-bond acceptors (Lipinski definition) is 5. The summed E-state index contributed by atoms with van der Waals surface area (Å²) in [4.78, 5) is 29.4. The number of benzene rings is 2. The van der Waals surface area contributed by atoms with Crippen LogP contribution in [0, 0.1) is 0 Å². The predicted octanol–water partition coefficient (Wildman–Crippen LogP) is 5.83. The molecular formula is C27H21ClN4O4S. The molecule has 0 unspecified atom stereocenters. The number of amides is 1. The lowest BCUT2D eigenvalue weighted by atomic mass is 10.0. The molecule has 2 aromatic heterocycles. The number of halogens is 1. The van der Waals surface area contributed by atoms with Crippen LogP contribution in [-0.4, -0.2) is 27.1 Å². The van der Waals surface area contributed by atoms with E-state index in [9.17, 15) is 14.7 Å². The molecule has 0 saturated carbocycles. The molecule has 2 aromatic carbocycles. The van der Waals surface area contributed by atoms with Gasteiger partial charge < -0.3 is 25.1 Å². The number of furan rings is 1. The molecule has 1 fully saturated rings. The van der Waals surface area contributed by atoms with Gasteiger partial charge in [0.05, 0.1) is 22.3 Å². The Bertz CT molecular complexity index is 1490. The number of pyridine rings is 1. The molecule has 0 radical (unpaired) electrons. The van der Waals surface area contributed by atoms with E-state index >= 15 is 0 Å². The Hall–Kier alpha value is -4.21. The molecule has 2 atom stereocenters. The Kier molecular flexibility index (Phi) is 6.64. The quantitative estimate of drug-likeness (QED) is 0.266. The summed E-state index contributed by atoms with van der Waals surface area (Å²) in [7, 11) is 0. The van der Waals surface area contributed by atoms with Gasteiger partial charge in [0.15, 0.2) is 5.11 Å². The predicted molar refractivity (Wildman–Crippen MR) is 145 cm³/mol. The van der Waals surface area contributed by atoms with Crippen molar-refractivity contribution in [2.45, 2.75) is 19.0 Å². The Morgan fingerprint density at radius 3 is 2.57 bits per heavy atom. The minimum absolute atomic E-state index is 0.105. The number of carboxylic acids is 1. The summed E-state index contributed by atoms with van der Waals surface area (Å²) in [6, 6.07) is 20.3. The highest BCUT2D eigenvalue weighted by molar-refractivity contribution is 7.80. The van der Waals surface area contributed by atoms with Crippen LogP contribution in [0.1, 0.15) is 40.8 Å². The third kappa shape index (κ3) is 4.91. The number of hydrogen-bond donors (Lipinski definition) is 3. The summed E-state index contributed by atoms with van der Waals surface area (Å²) in [6.07, 6.45) is 1.72. The number of carbonyl (C=O) groups is 2. The number of anilines is 2. The molecule has 3 N–H and O–H groups in total. The summed E-state index contributed by atoms with van der Waals surface area (Å²) >= 11 is 12.1. The van der Waals surface area contributed by atoms with Gasteiger partial charge in [-0.2, -0.15) is 0 Å². The van der Waals surface area contributed by atoms with Gasteiger partial charge in [-0.3, -0.25) is 9.78 Å². The average molecular weight is 533 g/mol. The molecule has 10 heteroatoms. The van der Waals surface area contributed by atoms with Crippen LogP contribution in [0.2, 0.25) is 5.02 Å². The summed E-state index contributed by atoms with van der Waals surface area (Å²) in [5, 5.41) is 16.4. The molecule has 5 rings (SSSR count). The molecule has 1 aliphatic rings. The van der Waals surface area contributed by atoms with Crippen LogP contribution >= 0.6 is 23.8 Å². The second kappa shape index (κ2) is 10.0. The van der Waals surface area contributed by atoms with Crippen LogP contribution in [0.25, 0.3) is 11.3 Å². The molecule has 1 aliphatic heterocycles. The van der Waals surface area contributed by atoms with Gasteiger partial charge in [-0.25, -0.2) is 4.79 Å². The van der Waals surface area contributed by atoms with Gasteiger partial charge in [-0.15, -0.1) is 0 Å². The monoisotopic (exact) mass is 532 g/mol. The molecule has 0 spiro atoms. The van der Waals surface area contributed by atoms with Crippen LogP contribution in [0.4, 0.5) is 11.4 Å². The molecule has 4 aromatic rings. The molecule has 1 saturated heterocycles. The summed E-state index contributed by atoms with van der Waals surface area (Å²) in [5.41, 5.74) is 2.81. The van der Waals surface area contributed by atoms with Gasteiger partial charge in [0.1, 0.15) is 17.6 Å². The highest BCUT2D eigenvalue weighted by Gasteiger charge is 2.42. The number of thiocarbonyl (C=S) groups is 1. The number of nitrogens with zero attached hydrogens (tertiary/aromatic N) is 2. The van der Waals surface area contributed by atoms with E-state index in [0.717, 1.165) is 11.4 Å². The highest BCUT2D eigenvalue weighted by atomic mass is 35.5. The molecule has 37 heavy (non-hydrogen) atoms. The number of aromatic carboxylic acids is 1. The van der Waals surface area contributed by atoms with Gasteiger partial charge >= 0.3 is 5.97 Å². The summed E-state index contributed by atoms with van der Waals surface area (Å²) in [5.74, 6) is -0.200. The van der Waals surface area contributed by atoms with E-state index in [2.05, 4.69) is 15.6 Å². The minimum atomic E-state index is -1.06. The van der Waals surface area contributed by atoms with Crippen molar-refractivity contribution in [3.63, 3.8) is 0 Å². The maximum atomic E-state index is 11.5. The number of carbonyl (C=O) groups excluding carboxylic acids is 1. The lowest BCUT2D eigenvalue weighted by molar-refractivity contribution is -0.114. The van der Waals surface area contributed by atoms with Gasteiger partial charge in [0, 0.05) is 30.1 Å². The van der Waals surface area contributed by atoms with Crippen LogP contribution in [0.15, 0.2) is 83.4 Å². The zero-order valence-corrected chi connectivity index (χ0v) is 21.1. The van der Waals surface area contributed by atoms with Crippen molar-refractivity contribution in [3.05, 3.63) is 101 Å². The number of rotatable bonds is 6. The Labute approximate surface area is 222 Å². The van der Waals surface area contributed by atoms with E-state index in [1.165, 1.54) is 25.1 Å². The zero-order chi connectivity index (χ0) is 26.1. The maximum absolute atomic E-state index is 11.5. The molecule has 8 nitrogen and oxygen atoms in total. The van der Waals surface area contributed by atoms with Gasteiger partial charge in [0.2, 0.25) is 5.91 Å². The van der Waals surface area contributed by atoms with Gasteiger partial charge in [0.25, 0.3) is 0 Å². The highest BCUT2D eigenvalue weighted by Crippen LogP contribution is 2.43. The minimum Gasteiger partial charge on any atom is -0.478 e. The normalized spacial score (nSPS) is 16.9. The van der Waals surface area contributed by atoms with Gasteiger partial charge in [-0.05, 0) is 78.9 Å². The fourth-order valence-corrected chi connectivity index (χ4v) is 4.89. The van der Waals surface area contributed by atoms with Crippen molar-refractivity contribution in [1.29, 1.82) is 0 Å². The fraction of sp³-hybridized carbons (Fsp3) is 0.111.